The summed E-state index contributed by atoms with van der Waals surface area (Å²) >= 11 is 1.93. The maximum Gasteiger partial charge on any atom is 0.00948 e. The predicted octanol–water partition coefficient (Wildman–Crippen LogP) is 5.67. The maximum atomic E-state index is 4.35. The highest BCUT2D eigenvalue weighted by molar-refractivity contribution is 7.12. The van der Waals surface area contributed by atoms with E-state index in [1.807, 2.05) is 11.3 Å². The van der Waals surface area contributed by atoms with Gasteiger partial charge in [-0.15, -0.1) is 11.3 Å². The van der Waals surface area contributed by atoms with Crippen LogP contribution in [-0.4, -0.2) is 0 Å². The van der Waals surface area contributed by atoms with Crippen LogP contribution in [0.2, 0.25) is 0 Å². The van der Waals surface area contributed by atoms with Crippen LogP contribution in [0.25, 0.3) is 5.57 Å². The highest BCUT2D eigenvalue weighted by Crippen LogP contribution is 2.44. The molecule has 1 unspecified atom stereocenters. The zero-order chi connectivity index (χ0) is 14.3. The van der Waals surface area contributed by atoms with Gasteiger partial charge in [-0.2, -0.15) is 0 Å². The zero-order valence-corrected chi connectivity index (χ0v) is 13.4. The van der Waals surface area contributed by atoms with Gasteiger partial charge in [0.1, 0.15) is 0 Å². The van der Waals surface area contributed by atoms with Crippen molar-refractivity contribution in [3.05, 3.63) is 62.9 Å². The molecule has 0 radical (unpaired) electrons. The molecule has 0 amide bonds. The summed E-state index contributed by atoms with van der Waals surface area (Å²) < 4.78 is 0. The quantitative estimate of drug-likeness (QED) is 0.665. The van der Waals surface area contributed by atoms with Gasteiger partial charge in [-0.05, 0) is 66.9 Å². The molecule has 1 aromatic carbocycles. The second kappa shape index (κ2) is 5.21. The molecule has 2 aromatic rings. The Bertz CT molecular complexity index is 643. The molecule has 1 aromatic heterocycles. The fourth-order valence-corrected chi connectivity index (χ4v) is 4.56. The van der Waals surface area contributed by atoms with E-state index >= 15 is 0 Å². The third-order valence-corrected chi connectivity index (χ3v) is 5.60. The number of fused-ring (bicyclic) bond motifs is 1. The Morgan fingerprint density at radius 3 is 2.45 bits per heavy atom. The summed E-state index contributed by atoms with van der Waals surface area (Å²) in [4.78, 5) is 2.93. The number of aryl methyl sites for hydroxylation is 3. The molecule has 3 rings (SSSR count). The third-order valence-electron chi connectivity index (χ3n) is 4.54. The summed E-state index contributed by atoms with van der Waals surface area (Å²) in [5, 5.41) is 0. The average Bonchev–Trinajstić information content (AvgIpc) is 2.74. The van der Waals surface area contributed by atoms with Crippen molar-refractivity contribution in [1.82, 2.24) is 0 Å². The maximum absolute atomic E-state index is 4.35. The first kappa shape index (κ1) is 13.6. The van der Waals surface area contributed by atoms with Gasteiger partial charge in [-0.25, -0.2) is 0 Å². The largest absolute Gasteiger partial charge is 0.145 e. The smallest absolute Gasteiger partial charge is 0.00948 e. The molecule has 104 valence electrons. The lowest BCUT2D eigenvalue weighted by Gasteiger charge is -2.26. The van der Waals surface area contributed by atoms with Crippen molar-refractivity contribution in [3.8, 4) is 0 Å². The summed E-state index contributed by atoms with van der Waals surface area (Å²) in [7, 11) is 0. The van der Waals surface area contributed by atoms with Gasteiger partial charge in [0.15, 0.2) is 0 Å². The molecule has 0 spiro atoms. The van der Waals surface area contributed by atoms with Crippen molar-refractivity contribution in [2.24, 2.45) is 0 Å². The molecule has 1 heterocycles. The zero-order valence-electron chi connectivity index (χ0n) is 12.6. The topological polar surface area (TPSA) is 0 Å². The lowest BCUT2D eigenvalue weighted by molar-refractivity contribution is 0.683. The van der Waals surface area contributed by atoms with Crippen LogP contribution >= 0.6 is 11.3 Å². The van der Waals surface area contributed by atoms with E-state index in [1.54, 1.807) is 5.56 Å². The van der Waals surface area contributed by atoms with E-state index in [0.717, 1.165) is 12.8 Å². The highest BCUT2D eigenvalue weighted by atomic mass is 32.1. The second-order valence-corrected chi connectivity index (χ2v) is 7.30. The number of hydrogen-bond donors (Lipinski definition) is 0. The first-order valence-electron chi connectivity index (χ1n) is 7.46. The van der Waals surface area contributed by atoms with Crippen molar-refractivity contribution in [3.63, 3.8) is 0 Å². The molecule has 1 aliphatic rings. The van der Waals surface area contributed by atoms with Crippen LogP contribution in [0, 0.1) is 13.8 Å². The van der Waals surface area contributed by atoms with Crippen LogP contribution in [-0.2, 0) is 12.8 Å². The van der Waals surface area contributed by atoms with E-state index in [-0.39, 0.29) is 0 Å². The van der Waals surface area contributed by atoms with E-state index in [0.29, 0.717) is 5.92 Å². The molecule has 0 saturated carbocycles. The van der Waals surface area contributed by atoms with Crippen LogP contribution < -0.4 is 0 Å². The minimum atomic E-state index is 0.605. The van der Waals surface area contributed by atoms with Crippen LogP contribution in [0.4, 0.5) is 0 Å². The molecule has 1 atom stereocenters. The standard InChI is InChI=1S/C19H22S/c1-5-15-6-8-16(9-7-15)17-10-12(2)19-14(4)20-13(3)18(19)11-17/h6-9,17H,2,5,10-11H2,1,3-4H3. The van der Waals surface area contributed by atoms with Gasteiger partial charge in [0.2, 0.25) is 0 Å². The van der Waals surface area contributed by atoms with E-state index < -0.39 is 0 Å². The Balaban J connectivity index is 1.94. The van der Waals surface area contributed by atoms with Crippen molar-refractivity contribution in [1.29, 1.82) is 0 Å². The van der Waals surface area contributed by atoms with E-state index in [9.17, 15) is 0 Å². The highest BCUT2D eigenvalue weighted by Gasteiger charge is 2.26. The Hall–Kier alpha value is -1.34. The Morgan fingerprint density at radius 2 is 1.80 bits per heavy atom. The van der Waals surface area contributed by atoms with Crippen molar-refractivity contribution >= 4 is 16.9 Å². The number of hydrogen-bond acceptors (Lipinski definition) is 1. The minimum absolute atomic E-state index is 0.605. The molecule has 0 saturated heterocycles. The Morgan fingerprint density at radius 1 is 1.10 bits per heavy atom. The van der Waals surface area contributed by atoms with Crippen LogP contribution in [0.5, 0.6) is 0 Å². The second-order valence-electron chi connectivity index (χ2n) is 5.87. The van der Waals surface area contributed by atoms with Gasteiger partial charge in [-0.1, -0.05) is 37.8 Å². The monoisotopic (exact) mass is 282 g/mol. The predicted molar refractivity (Wildman–Crippen MR) is 89.7 cm³/mol. The third kappa shape index (κ3) is 2.25. The van der Waals surface area contributed by atoms with E-state index in [2.05, 4.69) is 51.6 Å². The van der Waals surface area contributed by atoms with Gasteiger partial charge in [0.05, 0.1) is 0 Å². The lowest BCUT2D eigenvalue weighted by atomic mass is 9.78. The number of thiophene rings is 1. The number of allylic oxidation sites excluding steroid dienone is 1. The van der Waals surface area contributed by atoms with Crippen LogP contribution in [0.3, 0.4) is 0 Å². The van der Waals surface area contributed by atoms with Crippen molar-refractivity contribution in [2.75, 3.05) is 0 Å². The van der Waals surface area contributed by atoms with Crippen LogP contribution in [0.1, 0.15) is 51.3 Å². The summed E-state index contributed by atoms with van der Waals surface area (Å²) in [6.45, 7) is 11.0. The molecule has 1 aliphatic carbocycles. The Labute approximate surface area is 126 Å². The molecule has 0 fully saturated rings. The van der Waals surface area contributed by atoms with E-state index in [4.69, 9.17) is 0 Å². The van der Waals surface area contributed by atoms with Gasteiger partial charge in [0, 0.05) is 9.75 Å². The van der Waals surface area contributed by atoms with Gasteiger partial charge in [0.25, 0.3) is 0 Å². The average molecular weight is 282 g/mol. The van der Waals surface area contributed by atoms with Crippen LogP contribution in [0.15, 0.2) is 30.8 Å². The molecule has 0 bridgehead atoms. The Kier molecular flexibility index (Phi) is 3.55. The summed E-state index contributed by atoms with van der Waals surface area (Å²) in [5.41, 5.74) is 7.24. The molecule has 0 nitrogen and oxygen atoms in total. The molecule has 0 N–H and O–H groups in total. The van der Waals surface area contributed by atoms with Crippen molar-refractivity contribution < 1.29 is 0 Å². The molecular formula is C19H22S. The molecular weight excluding hydrogens is 260 g/mol. The summed E-state index contributed by atoms with van der Waals surface area (Å²) in [6, 6.07) is 9.19. The molecule has 20 heavy (non-hydrogen) atoms. The first-order chi connectivity index (χ1) is 9.60. The normalized spacial score (nSPS) is 18.1. The fourth-order valence-electron chi connectivity index (χ4n) is 3.42. The molecule has 1 heteroatoms. The lowest BCUT2D eigenvalue weighted by Crippen LogP contribution is -2.11. The fraction of sp³-hybridized carbons (Fsp3) is 0.368. The number of benzene rings is 1. The molecule has 0 aliphatic heterocycles. The van der Waals surface area contributed by atoms with Gasteiger partial charge < -0.3 is 0 Å². The SMILES string of the molecule is C=C1CC(c2ccc(CC)cc2)Cc2c(C)sc(C)c21. The summed E-state index contributed by atoms with van der Waals surface area (Å²) in [6.07, 6.45) is 3.40. The van der Waals surface area contributed by atoms with E-state index in [1.165, 1.54) is 38.4 Å². The van der Waals surface area contributed by atoms with Crippen molar-refractivity contribution in [2.45, 2.75) is 46.0 Å². The minimum Gasteiger partial charge on any atom is -0.145 e. The summed E-state index contributed by atoms with van der Waals surface area (Å²) in [5.74, 6) is 0.605. The first-order valence-corrected chi connectivity index (χ1v) is 8.27. The van der Waals surface area contributed by atoms with Gasteiger partial charge >= 0.3 is 0 Å². The number of rotatable bonds is 2. The van der Waals surface area contributed by atoms with Gasteiger partial charge in [-0.3, -0.25) is 0 Å².